The molecule has 148 valence electrons. The molecule has 26 heavy (non-hydrogen) atoms. The zero-order chi connectivity index (χ0) is 19.5. The molecule has 1 N–H and O–H groups in total. The number of unbranched alkanes of at least 4 members (excludes halogenated alkanes) is 1. The highest BCUT2D eigenvalue weighted by Crippen LogP contribution is 2.39. The smallest absolute Gasteiger partial charge is 0.414 e. The van der Waals surface area contributed by atoms with E-state index in [0.29, 0.717) is 6.42 Å². The summed E-state index contributed by atoms with van der Waals surface area (Å²) in [6.45, 7) is 9.19. The van der Waals surface area contributed by atoms with E-state index in [1.54, 1.807) is 6.92 Å². The predicted octanol–water partition coefficient (Wildman–Crippen LogP) is 5.58. The van der Waals surface area contributed by atoms with Gasteiger partial charge in [-0.15, -0.1) is 0 Å². The molecule has 1 rings (SSSR count). The fraction of sp³-hybridized carbons (Fsp3) is 0.684. The van der Waals surface area contributed by atoms with E-state index in [2.05, 4.69) is 5.32 Å². The van der Waals surface area contributed by atoms with Gasteiger partial charge in [0.1, 0.15) is 0 Å². The van der Waals surface area contributed by atoms with Gasteiger partial charge in [0.25, 0.3) is 0 Å². The Bertz CT molecular complexity index is 536. The van der Waals surface area contributed by atoms with Crippen LogP contribution in [0.15, 0.2) is 22.9 Å². The second-order valence-electron chi connectivity index (χ2n) is 6.51. The first-order valence-corrected chi connectivity index (χ1v) is 11.5. The molecule has 7 heteroatoms. The highest BCUT2D eigenvalue weighted by molar-refractivity contribution is 8.77. The SMILES string of the molecule is C/C=C(/C)C(NC(=O)OC(C)OC(=O)CCCCC1CCSS1)=C(C)C. The van der Waals surface area contributed by atoms with Crippen molar-refractivity contribution in [1.82, 2.24) is 5.32 Å². The number of alkyl carbamates (subject to hydrolysis) is 1. The van der Waals surface area contributed by atoms with E-state index in [0.717, 1.165) is 41.4 Å². The molecule has 0 aliphatic carbocycles. The number of amides is 1. The van der Waals surface area contributed by atoms with E-state index in [9.17, 15) is 9.59 Å². The number of nitrogens with one attached hydrogen (secondary N) is 1. The van der Waals surface area contributed by atoms with Crippen LogP contribution in [0.1, 0.15) is 66.7 Å². The molecule has 1 fully saturated rings. The molecule has 5 nitrogen and oxygen atoms in total. The van der Waals surface area contributed by atoms with Gasteiger partial charge in [0, 0.05) is 30.0 Å². The van der Waals surface area contributed by atoms with Gasteiger partial charge >= 0.3 is 12.1 Å². The van der Waals surface area contributed by atoms with Gasteiger partial charge in [0.05, 0.1) is 0 Å². The maximum atomic E-state index is 12.0. The van der Waals surface area contributed by atoms with Gasteiger partial charge in [-0.05, 0) is 52.5 Å². The van der Waals surface area contributed by atoms with Gasteiger partial charge in [-0.25, -0.2) is 4.79 Å². The molecule has 1 saturated heterocycles. The summed E-state index contributed by atoms with van der Waals surface area (Å²) in [5.74, 6) is 0.905. The zero-order valence-electron chi connectivity index (χ0n) is 16.4. The van der Waals surface area contributed by atoms with Gasteiger partial charge in [-0.2, -0.15) is 0 Å². The van der Waals surface area contributed by atoms with Crippen LogP contribution >= 0.6 is 21.6 Å². The number of hydrogen-bond donors (Lipinski definition) is 1. The Labute approximate surface area is 165 Å². The van der Waals surface area contributed by atoms with Crippen LogP contribution in [0.2, 0.25) is 0 Å². The molecule has 0 aromatic heterocycles. The number of ether oxygens (including phenoxy) is 2. The summed E-state index contributed by atoms with van der Waals surface area (Å²) in [4.78, 5) is 23.8. The lowest BCUT2D eigenvalue weighted by Crippen LogP contribution is -2.30. The maximum absolute atomic E-state index is 12.0. The minimum atomic E-state index is -0.909. The van der Waals surface area contributed by atoms with Crippen LogP contribution < -0.4 is 5.32 Å². The minimum absolute atomic E-state index is 0.328. The fourth-order valence-electron chi connectivity index (χ4n) is 2.52. The van der Waals surface area contributed by atoms with Crippen LogP contribution in [-0.2, 0) is 14.3 Å². The Morgan fingerprint density at radius 2 is 1.96 bits per heavy atom. The Hall–Kier alpha value is -1.08. The normalized spacial score (nSPS) is 18.2. The van der Waals surface area contributed by atoms with Crippen molar-refractivity contribution in [3.63, 3.8) is 0 Å². The quantitative estimate of drug-likeness (QED) is 0.179. The van der Waals surface area contributed by atoms with Gasteiger partial charge in [-0.1, -0.05) is 39.7 Å². The highest BCUT2D eigenvalue weighted by atomic mass is 33.1. The van der Waals surface area contributed by atoms with Gasteiger partial charge < -0.3 is 9.47 Å². The number of rotatable bonds is 9. The highest BCUT2D eigenvalue weighted by Gasteiger charge is 2.18. The fourth-order valence-corrected chi connectivity index (χ4v) is 5.55. The van der Waals surface area contributed by atoms with Crippen LogP contribution in [0.3, 0.4) is 0 Å². The lowest BCUT2D eigenvalue weighted by atomic mass is 10.1. The summed E-state index contributed by atoms with van der Waals surface area (Å²) in [5, 5.41) is 3.44. The number of allylic oxidation sites excluding steroid dienone is 3. The van der Waals surface area contributed by atoms with Crippen molar-refractivity contribution in [2.75, 3.05) is 5.75 Å². The standard InChI is InChI=1S/C19H31NO4S2/c1-6-14(4)18(13(2)3)20-19(22)24-15(5)23-17(21)10-8-7-9-16-11-12-25-26-16/h6,15-16H,7-12H2,1-5H3,(H,20,22)/b14-6-. The zero-order valence-corrected chi connectivity index (χ0v) is 18.1. The number of carbonyl (C=O) groups is 2. The van der Waals surface area contributed by atoms with Crippen molar-refractivity contribution in [1.29, 1.82) is 0 Å². The van der Waals surface area contributed by atoms with Gasteiger partial charge in [-0.3, -0.25) is 10.1 Å². The first-order valence-electron chi connectivity index (χ1n) is 9.09. The van der Waals surface area contributed by atoms with Crippen molar-refractivity contribution in [2.24, 2.45) is 0 Å². The van der Waals surface area contributed by atoms with Crippen LogP contribution in [0.25, 0.3) is 0 Å². The summed E-state index contributed by atoms with van der Waals surface area (Å²) in [7, 11) is 3.89. The van der Waals surface area contributed by atoms with Crippen molar-refractivity contribution in [3.05, 3.63) is 22.9 Å². The molecule has 0 bridgehead atoms. The third kappa shape index (κ3) is 9.03. The van der Waals surface area contributed by atoms with E-state index < -0.39 is 12.4 Å². The first kappa shape index (κ1) is 23.0. The first-order chi connectivity index (χ1) is 12.3. The topological polar surface area (TPSA) is 64.6 Å². The van der Waals surface area contributed by atoms with Crippen molar-refractivity contribution >= 4 is 33.7 Å². The molecule has 0 spiro atoms. The number of esters is 1. The number of carbonyl (C=O) groups excluding carboxylic acids is 2. The van der Waals surface area contributed by atoms with Crippen LogP contribution in [-0.4, -0.2) is 29.4 Å². The maximum Gasteiger partial charge on any atom is 0.414 e. The molecular formula is C19H31NO4S2. The minimum Gasteiger partial charge on any atom is -0.425 e. The summed E-state index contributed by atoms with van der Waals surface area (Å²) >= 11 is 0. The van der Waals surface area contributed by atoms with Crippen LogP contribution in [0.4, 0.5) is 4.79 Å². The lowest BCUT2D eigenvalue weighted by Gasteiger charge is -2.17. The van der Waals surface area contributed by atoms with Crippen LogP contribution in [0, 0.1) is 0 Å². The second-order valence-corrected chi connectivity index (χ2v) is 9.30. The van der Waals surface area contributed by atoms with Crippen molar-refractivity contribution < 1.29 is 19.1 Å². The van der Waals surface area contributed by atoms with E-state index in [-0.39, 0.29) is 5.97 Å². The van der Waals surface area contributed by atoms with E-state index in [4.69, 9.17) is 9.47 Å². The van der Waals surface area contributed by atoms with E-state index >= 15 is 0 Å². The third-order valence-corrected chi connectivity index (χ3v) is 7.02. The Kier molecular flexibility index (Phi) is 10.9. The summed E-state index contributed by atoms with van der Waals surface area (Å²) in [6, 6.07) is 0. The van der Waals surface area contributed by atoms with Gasteiger partial charge in [0.2, 0.25) is 6.29 Å². The molecule has 1 aliphatic rings. The molecular weight excluding hydrogens is 370 g/mol. The van der Waals surface area contributed by atoms with Crippen molar-refractivity contribution in [2.45, 2.75) is 78.3 Å². The second kappa shape index (κ2) is 12.3. The number of hydrogen-bond acceptors (Lipinski definition) is 6. The summed E-state index contributed by atoms with van der Waals surface area (Å²) < 4.78 is 10.3. The molecule has 0 aromatic carbocycles. The lowest BCUT2D eigenvalue weighted by molar-refractivity contribution is -0.164. The van der Waals surface area contributed by atoms with Crippen molar-refractivity contribution in [3.8, 4) is 0 Å². The van der Waals surface area contributed by atoms with Gasteiger partial charge in [0.15, 0.2) is 0 Å². The average Bonchev–Trinajstić information content (AvgIpc) is 3.08. The average molecular weight is 402 g/mol. The summed E-state index contributed by atoms with van der Waals surface area (Å²) in [6.07, 6.45) is 4.98. The monoisotopic (exact) mass is 401 g/mol. The molecule has 1 aliphatic heterocycles. The largest absolute Gasteiger partial charge is 0.425 e. The summed E-state index contributed by atoms with van der Waals surface area (Å²) in [5.41, 5.74) is 2.64. The van der Waals surface area contributed by atoms with E-state index in [1.807, 2.05) is 55.4 Å². The predicted molar refractivity (Wildman–Crippen MR) is 110 cm³/mol. The molecule has 1 amide bonds. The molecule has 0 radical (unpaired) electrons. The Balaban J connectivity index is 2.26. The molecule has 2 unspecified atom stereocenters. The molecule has 0 aromatic rings. The van der Waals surface area contributed by atoms with Crippen LogP contribution in [0.5, 0.6) is 0 Å². The van der Waals surface area contributed by atoms with E-state index in [1.165, 1.54) is 12.2 Å². The Morgan fingerprint density at radius 3 is 2.54 bits per heavy atom. The third-order valence-electron chi connectivity index (χ3n) is 4.01. The molecule has 1 heterocycles. The molecule has 0 saturated carbocycles. The molecule has 2 atom stereocenters. The Morgan fingerprint density at radius 1 is 1.23 bits per heavy atom.